The zero-order valence-corrected chi connectivity index (χ0v) is 54.8. The van der Waals surface area contributed by atoms with E-state index in [1.807, 2.05) is 21.1 Å². The number of carboxylic acids is 1. The van der Waals surface area contributed by atoms with E-state index in [0.29, 0.717) is 23.9 Å². The quantitative estimate of drug-likeness (QED) is 0.0195. The van der Waals surface area contributed by atoms with Crippen LogP contribution >= 0.6 is 0 Å². The number of carbonyl (C=O) groups is 3. The molecule has 2 atom stereocenters. The first kappa shape index (κ1) is 79.5. The van der Waals surface area contributed by atoms with Gasteiger partial charge in [0.2, 0.25) is 0 Å². The van der Waals surface area contributed by atoms with Crippen molar-refractivity contribution in [2.75, 3.05) is 47.5 Å². The number of aliphatic carboxylic acids is 1. The maximum absolute atomic E-state index is 12.8. The lowest BCUT2D eigenvalue weighted by Crippen LogP contribution is -2.44. The molecule has 0 fully saturated rings. The summed E-state index contributed by atoms with van der Waals surface area (Å²) >= 11 is 0. The molecule has 2 unspecified atom stereocenters. The molecule has 0 aliphatic rings. The number of rotatable bonds is 64. The highest BCUT2D eigenvalue weighted by molar-refractivity contribution is 5.70. The number of hydrogen-bond acceptors (Lipinski definition) is 8. The van der Waals surface area contributed by atoms with Gasteiger partial charge in [0, 0.05) is 12.8 Å². The van der Waals surface area contributed by atoms with Crippen molar-refractivity contribution >= 4 is 17.9 Å². The molecule has 0 rings (SSSR count). The SMILES string of the molecule is CC/C=C\C/C=C\C/C=C\C/C=C\C/C=C\CCCC(=O)OC(COC(=O)CCCCCCCCCCCCCCCCCCCCCCCCCCCCCCC/C=C\C/C=C\CCCCCCC)COC(OCC[N+](C)(C)C)C(=O)[O-]. The molecule has 9 nitrogen and oxygen atoms in total. The molecule has 0 aromatic heterocycles. The summed E-state index contributed by atoms with van der Waals surface area (Å²) in [7, 11) is 5.91. The predicted octanol–water partition coefficient (Wildman–Crippen LogP) is 20.1. The monoisotopic (exact) mass is 1160 g/mol. The zero-order chi connectivity index (χ0) is 60.5. The Morgan fingerprint density at radius 1 is 0.373 bits per heavy atom. The second-order valence-electron chi connectivity index (χ2n) is 24.4. The normalized spacial score (nSPS) is 13.2. The first-order chi connectivity index (χ1) is 40.6. The van der Waals surface area contributed by atoms with Crippen LogP contribution in [0, 0.1) is 0 Å². The van der Waals surface area contributed by atoms with Crippen molar-refractivity contribution in [2.45, 2.75) is 322 Å². The van der Waals surface area contributed by atoms with E-state index in [1.165, 1.54) is 212 Å². The molecule has 0 heterocycles. The van der Waals surface area contributed by atoms with Gasteiger partial charge in [-0.3, -0.25) is 9.59 Å². The Hall–Kier alpha value is -3.53. The van der Waals surface area contributed by atoms with Crippen LogP contribution in [0.15, 0.2) is 85.1 Å². The molecule has 480 valence electrons. The standard InChI is InChI=1S/C74H131NO8/c1-6-8-10-12-14-16-18-20-22-24-25-26-27-28-29-30-31-32-33-34-35-36-37-38-39-40-41-42-43-44-45-46-47-49-50-52-54-56-58-60-62-64-71(76)81-68-70(69-82-74(73(78)79)80-67-66-75(3,4)5)83-72(77)65-63-61-59-57-55-53-51-48-23-21-19-17-15-13-11-9-7-2/h9,11,15,17-18,20-21,23-25,51,53,57,59,70,74H,6-8,10,12-14,16,19,22,26-50,52,54-56,58,60-69H2,1-5H3/b11-9-,17-15-,20-18-,23-21-,25-24-,53-51-,59-57-. The van der Waals surface area contributed by atoms with E-state index >= 15 is 0 Å². The Morgan fingerprint density at radius 2 is 0.699 bits per heavy atom. The fourth-order valence-corrected chi connectivity index (χ4v) is 9.84. The van der Waals surface area contributed by atoms with Crippen molar-refractivity contribution in [1.82, 2.24) is 0 Å². The van der Waals surface area contributed by atoms with E-state index < -0.39 is 24.3 Å². The lowest BCUT2D eigenvalue weighted by Gasteiger charge is -2.26. The van der Waals surface area contributed by atoms with Crippen molar-refractivity contribution in [3.8, 4) is 0 Å². The van der Waals surface area contributed by atoms with Crippen LogP contribution in [-0.4, -0.2) is 82.3 Å². The van der Waals surface area contributed by atoms with Gasteiger partial charge in [-0.25, -0.2) is 0 Å². The van der Waals surface area contributed by atoms with Crippen molar-refractivity contribution in [2.24, 2.45) is 0 Å². The van der Waals surface area contributed by atoms with Crippen LogP contribution in [0.4, 0.5) is 0 Å². The van der Waals surface area contributed by atoms with E-state index in [9.17, 15) is 19.5 Å². The number of allylic oxidation sites excluding steroid dienone is 14. The van der Waals surface area contributed by atoms with Gasteiger partial charge in [0.25, 0.3) is 0 Å². The van der Waals surface area contributed by atoms with Crippen molar-refractivity contribution in [3.05, 3.63) is 85.1 Å². The fourth-order valence-electron chi connectivity index (χ4n) is 9.84. The van der Waals surface area contributed by atoms with E-state index in [2.05, 4.69) is 98.9 Å². The lowest BCUT2D eigenvalue weighted by molar-refractivity contribution is -0.870. The average molecular weight is 1160 g/mol. The summed E-state index contributed by atoms with van der Waals surface area (Å²) < 4.78 is 22.7. The Bertz CT molecular complexity index is 1640. The number of carboxylic acid groups (broad SMARTS) is 1. The van der Waals surface area contributed by atoms with Crippen molar-refractivity contribution in [3.63, 3.8) is 0 Å². The fraction of sp³-hybridized carbons (Fsp3) is 0.770. The molecule has 0 aromatic carbocycles. The zero-order valence-electron chi connectivity index (χ0n) is 54.8. The Kier molecular flexibility index (Phi) is 61.7. The highest BCUT2D eigenvalue weighted by Gasteiger charge is 2.22. The molecule has 0 spiro atoms. The molecule has 0 aromatic rings. The van der Waals surface area contributed by atoms with E-state index in [1.54, 1.807) is 0 Å². The van der Waals surface area contributed by atoms with Gasteiger partial charge in [0.05, 0.1) is 40.3 Å². The summed E-state index contributed by atoms with van der Waals surface area (Å²) in [6, 6.07) is 0. The van der Waals surface area contributed by atoms with Gasteiger partial charge >= 0.3 is 11.9 Å². The summed E-state index contributed by atoms with van der Waals surface area (Å²) in [4.78, 5) is 37.3. The minimum absolute atomic E-state index is 0.135. The minimum atomic E-state index is -1.64. The van der Waals surface area contributed by atoms with E-state index in [4.69, 9.17) is 18.9 Å². The molecule has 0 saturated carbocycles. The molecular formula is C74H131NO8. The van der Waals surface area contributed by atoms with E-state index in [0.717, 1.165) is 57.8 Å². The van der Waals surface area contributed by atoms with Gasteiger partial charge < -0.3 is 33.3 Å². The highest BCUT2D eigenvalue weighted by atomic mass is 16.7. The van der Waals surface area contributed by atoms with Gasteiger partial charge in [0.1, 0.15) is 13.2 Å². The Labute approximate surface area is 512 Å². The summed E-state index contributed by atoms with van der Waals surface area (Å²) in [5, 5.41) is 11.8. The van der Waals surface area contributed by atoms with Crippen LogP contribution in [0.3, 0.4) is 0 Å². The summed E-state index contributed by atoms with van der Waals surface area (Å²) in [5.74, 6) is -2.36. The second-order valence-corrected chi connectivity index (χ2v) is 24.4. The number of esters is 2. The third-order valence-corrected chi connectivity index (χ3v) is 15.1. The lowest BCUT2D eigenvalue weighted by atomic mass is 10.0. The number of ether oxygens (including phenoxy) is 4. The number of carbonyl (C=O) groups excluding carboxylic acids is 3. The summed E-state index contributed by atoms with van der Waals surface area (Å²) in [6.07, 6.45) is 84.3. The predicted molar refractivity (Wildman–Crippen MR) is 352 cm³/mol. The minimum Gasteiger partial charge on any atom is -0.545 e. The molecule has 0 aliphatic carbocycles. The molecule has 0 radical (unpaired) electrons. The Morgan fingerprint density at radius 3 is 1.06 bits per heavy atom. The van der Waals surface area contributed by atoms with Crippen LogP contribution in [0.5, 0.6) is 0 Å². The topological polar surface area (TPSA) is 111 Å². The third-order valence-electron chi connectivity index (χ3n) is 15.1. The molecule has 0 N–H and O–H groups in total. The number of unbranched alkanes of at least 4 members (excludes halogenated alkanes) is 35. The number of nitrogens with zero attached hydrogens (tertiary/aromatic N) is 1. The highest BCUT2D eigenvalue weighted by Crippen LogP contribution is 2.18. The van der Waals surface area contributed by atoms with Gasteiger partial charge in [-0.15, -0.1) is 0 Å². The summed E-state index contributed by atoms with van der Waals surface area (Å²) in [5.41, 5.74) is 0. The molecule has 0 aliphatic heterocycles. The maximum Gasteiger partial charge on any atom is 0.306 e. The van der Waals surface area contributed by atoms with Crippen molar-refractivity contribution < 1.29 is 42.9 Å². The van der Waals surface area contributed by atoms with Crippen LogP contribution < -0.4 is 5.11 Å². The van der Waals surface area contributed by atoms with Crippen LogP contribution in [0.1, 0.15) is 309 Å². The number of hydrogen-bond donors (Lipinski definition) is 0. The van der Waals surface area contributed by atoms with Crippen LogP contribution in [-0.2, 0) is 33.3 Å². The number of likely N-dealkylation sites (N-methyl/N-ethyl adjacent to an activating group) is 1. The molecule has 0 saturated heterocycles. The van der Waals surface area contributed by atoms with Crippen LogP contribution in [0.25, 0.3) is 0 Å². The molecule has 0 amide bonds. The van der Waals surface area contributed by atoms with E-state index in [-0.39, 0.29) is 38.6 Å². The molecular weight excluding hydrogens is 1030 g/mol. The summed E-state index contributed by atoms with van der Waals surface area (Å²) in [6.45, 7) is 4.58. The molecule has 83 heavy (non-hydrogen) atoms. The van der Waals surface area contributed by atoms with Gasteiger partial charge in [-0.2, -0.15) is 0 Å². The smallest absolute Gasteiger partial charge is 0.306 e. The molecule has 0 bridgehead atoms. The average Bonchev–Trinajstić information content (AvgIpc) is 3.46. The van der Waals surface area contributed by atoms with Crippen molar-refractivity contribution in [1.29, 1.82) is 0 Å². The maximum atomic E-state index is 12.8. The van der Waals surface area contributed by atoms with Gasteiger partial charge in [-0.05, 0) is 83.5 Å². The second kappa shape index (κ2) is 64.5. The van der Waals surface area contributed by atoms with Gasteiger partial charge in [-0.1, -0.05) is 298 Å². The first-order valence-electron chi connectivity index (χ1n) is 34.7. The van der Waals surface area contributed by atoms with Crippen LogP contribution in [0.2, 0.25) is 0 Å². The number of quaternary nitrogens is 1. The van der Waals surface area contributed by atoms with Gasteiger partial charge in [0.15, 0.2) is 12.4 Å². The third kappa shape index (κ3) is 65.9. The Balaban J connectivity index is 3.95. The molecule has 9 heteroatoms. The largest absolute Gasteiger partial charge is 0.545 e. The first-order valence-corrected chi connectivity index (χ1v) is 34.7.